The monoisotopic (exact) mass is 381 g/mol. The Morgan fingerprint density at radius 1 is 1.07 bits per heavy atom. The molecule has 27 heavy (non-hydrogen) atoms. The van der Waals surface area contributed by atoms with Crippen LogP contribution >= 0.6 is 11.3 Å². The maximum Gasteiger partial charge on any atom is 0.248 e. The van der Waals surface area contributed by atoms with Gasteiger partial charge in [-0.1, -0.05) is 30.3 Å². The first-order valence-corrected chi connectivity index (χ1v) is 10.0. The number of rotatable bonds is 5. The van der Waals surface area contributed by atoms with E-state index in [0.29, 0.717) is 6.61 Å². The summed E-state index contributed by atoms with van der Waals surface area (Å²) in [5, 5.41) is 0.911. The Morgan fingerprint density at radius 3 is 2.59 bits per heavy atom. The van der Waals surface area contributed by atoms with E-state index in [9.17, 15) is 4.79 Å². The van der Waals surface area contributed by atoms with Gasteiger partial charge in [0.1, 0.15) is 11.6 Å². The Hall–Kier alpha value is -2.44. The highest BCUT2D eigenvalue weighted by atomic mass is 32.1. The molecule has 1 fully saturated rings. The lowest BCUT2D eigenvalue weighted by Gasteiger charge is -2.36. The second-order valence-corrected chi connectivity index (χ2v) is 7.84. The molecule has 0 radical (unpaired) electrons. The predicted octanol–water partition coefficient (Wildman–Crippen LogP) is 3.47. The molecule has 1 saturated heterocycles. The second kappa shape index (κ2) is 8.06. The number of carbonyl (C=O) groups is 1. The molecule has 0 N–H and O–H groups in total. The molecule has 3 aromatic rings. The number of benzene rings is 2. The zero-order valence-electron chi connectivity index (χ0n) is 15.4. The number of anilines is 1. The zero-order chi connectivity index (χ0) is 18.6. The summed E-state index contributed by atoms with van der Waals surface area (Å²) in [6.45, 7) is 5.80. The van der Waals surface area contributed by atoms with Crippen LogP contribution in [0.25, 0.3) is 10.2 Å². The molecule has 5 nitrogen and oxygen atoms in total. The van der Waals surface area contributed by atoms with Crippen molar-refractivity contribution < 1.29 is 9.53 Å². The van der Waals surface area contributed by atoms with E-state index in [2.05, 4.69) is 47.1 Å². The number of aryl methyl sites for hydroxylation is 1. The second-order valence-electron chi connectivity index (χ2n) is 6.72. The van der Waals surface area contributed by atoms with Gasteiger partial charge >= 0.3 is 0 Å². The molecule has 6 heteroatoms. The molecule has 1 amide bonds. The van der Waals surface area contributed by atoms with Gasteiger partial charge in [0.2, 0.25) is 5.91 Å². The van der Waals surface area contributed by atoms with Gasteiger partial charge in [-0.15, -0.1) is 11.3 Å². The molecule has 0 bridgehead atoms. The molecule has 2 aromatic carbocycles. The Bertz CT molecular complexity index is 899. The Balaban J connectivity index is 1.25. The van der Waals surface area contributed by atoms with Crippen LogP contribution < -0.4 is 4.90 Å². The van der Waals surface area contributed by atoms with Gasteiger partial charge in [0.15, 0.2) is 0 Å². The number of fused-ring (bicyclic) bond motifs is 1. The molecule has 2 heterocycles. The van der Waals surface area contributed by atoms with Gasteiger partial charge in [-0.3, -0.25) is 4.79 Å². The molecule has 0 saturated carbocycles. The molecular weight excluding hydrogens is 358 g/mol. The first-order valence-electron chi connectivity index (χ1n) is 9.21. The lowest BCUT2D eigenvalue weighted by atomic mass is 10.1. The van der Waals surface area contributed by atoms with E-state index < -0.39 is 0 Å². The first-order chi connectivity index (χ1) is 13.2. The van der Waals surface area contributed by atoms with E-state index in [4.69, 9.17) is 4.74 Å². The quantitative estimate of drug-likeness (QED) is 0.679. The largest absolute Gasteiger partial charge is 0.368 e. The number of para-hydroxylation sites is 2. The summed E-state index contributed by atoms with van der Waals surface area (Å²) in [5.74, 6) is 0.0561. The van der Waals surface area contributed by atoms with E-state index in [1.165, 1.54) is 11.3 Å². The van der Waals surface area contributed by atoms with E-state index in [-0.39, 0.29) is 12.5 Å². The van der Waals surface area contributed by atoms with Gasteiger partial charge < -0.3 is 14.5 Å². The number of hydrogen-bond donors (Lipinski definition) is 0. The molecule has 0 spiro atoms. The average molecular weight is 382 g/mol. The number of amides is 1. The number of ether oxygens (including phenoxy) is 1. The molecule has 140 valence electrons. The fourth-order valence-corrected chi connectivity index (χ4v) is 4.32. The van der Waals surface area contributed by atoms with Gasteiger partial charge in [-0.05, 0) is 30.7 Å². The molecule has 1 aromatic heterocycles. The Morgan fingerprint density at radius 2 is 1.81 bits per heavy atom. The van der Waals surface area contributed by atoms with Crippen LogP contribution in [0.15, 0.2) is 48.5 Å². The smallest absolute Gasteiger partial charge is 0.248 e. The van der Waals surface area contributed by atoms with Crippen LogP contribution in [0.5, 0.6) is 0 Å². The van der Waals surface area contributed by atoms with Crippen molar-refractivity contribution in [2.24, 2.45) is 0 Å². The molecule has 4 rings (SSSR count). The predicted molar refractivity (Wildman–Crippen MR) is 109 cm³/mol. The first kappa shape index (κ1) is 17.9. The lowest BCUT2D eigenvalue weighted by Crippen LogP contribution is -2.49. The fraction of sp³-hybridized carbons (Fsp3) is 0.333. The summed E-state index contributed by atoms with van der Waals surface area (Å²) < 4.78 is 6.79. The third kappa shape index (κ3) is 4.12. The summed E-state index contributed by atoms with van der Waals surface area (Å²) in [4.78, 5) is 21.2. The number of hydrogen-bond acceptors (Lipinski definition) is 5. The summed E-state index contributed by atoms with van der Waals surface area (Å²) in [6, 6.07) is 16.4. The van der Waals surface area contributed by atoms with Gasteiger partial charge in [-0.2, -0.15) is 0 Å². The normalized spacial score (nSPS) is 14.7. The number of thiazole rings is 1. The minimum absolute atomic E-state index is 0.0561. The lowest BCUT2D eigenvalue weighted by molar-refractivity contribution is -0.136. The molecule has 1 aliphatic rings. The molecule has 0 unspecified atom stereocenters. The number of aromatic nitrogens is 1. The highest BCUT2D eigenvalue weighted by Gasteiger charge is 2.22. The standard InChI is InChI=1S/C21H23N3O2S/c1-16-6-2-4-8-18(16)23-10-12-24(13-11-23)21(25)15-26-14-20-22-17-7-3-5-9-19(17)27-20/h2-9H,10-15H2,1H3. The van der Waals surface area contributed by atoms with Crippen molar-refractivity contribution in [3.8, 4) is 0 Å². The van der Waals surface area contributed by atoms with Crippen LogP contribution in [0.2, 0.25) is 0 Å². The average Bonchev–Trinajstić information content (AvgIpc) is 3.11. The van der Waals surface area contributed by atoms with Crippen molar-refractivity contribution in [3.63, 3.8) is 0 Å². The minimum atomic E-state index is 0.0561. The summed E-state index contributed by atoms with van der Waals surface area (Å²) in [7, 11) is 0. The van der Waals surface area contributed by atoms with Crippen LogP contribution in [0.3, 0.4) is 0 Å². The zero-order valence-corrected chi connectivity index (χ0v) is 16.2. The molecule has 0 aliphatic carbocycles. The highest BCUT2D eigenvalue weighted by Crippen LogP contribution is 2.22. The number of nitrogens with zero attached hydrogens (tertiary/aromatic N) is 3. The van der Waals surface area contributed by atoms with E-state index >= 15 is 0 Å². The van der Waals surface area contributed by atoms with E-state index in [1.54, 1.807) is 11.3 Å². The fourth-order valence-electron chi connectivity index (χ4n) is 3.41. The summed E-state index contributed by atoms with van der Waals surface area (Å²) in [5.41, 5.74) is 3.52. The van der Waals surface area contributed by atoms with Crippen molar-refractivity contribution in [1.29, 1.82) is 0 Å². The van der Waals surface area contributed by atoms with Crippen LogP contribution in [0, 0.1) is 6.92 Å². The number of piperazine rings is 1. The third-order valence-corrected chi connectivity index (χ3v) is 5.89. The Labute approximate surface area is 163 Å². The summed E-state index contributed by atoms with van der Waals surface area (Å²) >= 11 is 1.62. The van der Waals surface area contributed by atoms with Crippen LogP contribution in [0.4, 0.5) is 5.69 Å². The minimum Gasteiger partial charge on any atom is -0.368 e. The molecule has 1 aliphatic heterocycles. The van der Waals surface area contributed by atoms with E-state index in [0.717, 1.165) is 41.4 Å². The molecule has 0 atom stereocenters. The maximum atomic E-state index is 12.4. The van der Waals surface area contributed by atoms with Crippen molar-refractivity contribution in [2.45, 2.75) is 13.5 Å². The SMILES string of the molecule is Cc1ccccc1N1CCN(C(=O)COCc2nc3ccccc3s2)CC1. The van der Waals surface area contributed by atoms with E-state index in [1.807, 2.05) is 23.1 Å². The maximum absolute atomic E-state index is 12.4. The van der Waals surface area contributed by atoms with Crippen LogP contribution in [-0.4, -0.2) is 48.6 Å². The summed E-state index contributed by atoms with van der Waals surface area (Å²) in [6.07, 6.45) is 0. The van der Waals surface area contributed by atoms with Gasteiger partial charge in [-0.25, -0.2) is 4.98 Å². The van der Waals surface area contributed by atoms with Gasteiger partial charge in [0.05, 0.1) is 16.8 Å². The number of carbonyl (C=O) groups excluding carboxylic acids is 1. The topological polar surface area (TPSA) is 45.7 Å². The van der Waals surface area contributed by atoms with Crippen molar-refractivity contribution in [1.82, 2.24) is 9.88 Å². The van der Waals surface area contributed by atoms with Gasteiger partial charge in [0, 0.05) is 31.9 Å². The third-order valence-electron chi connectivity index (χ3n) is 4.88. The van der Waals surface area contributed by atoms with Crippen molar-refractivity contribution in [2.75, 3.05) is 37.7 Å². The van der Waals surface area contributed by atoms with Crippen LogP contribution in [-0.2, 0) is 16.1 Å². The highest BCUT2D eigenvalue weighted by molar-refractivity contribution is 7.18. The Kier molecular flexibility index (Phi) is 5.36. The van der Waals surface area contributed by atoms with Crippen molar-refractivity contribution >= 4 is 33.1 Å². The van der Waals surface area contributed by atoms with Crippen molar-refractivity contribution in [3.05, 3.63) is 59.1 Å². The van der Waals surface area contributed by atoms with Crippen LogP contribution in [0.1, 0.15) is 10.6 Å². The molecular formula is C21H23N3O2S. The van der Waals surface area contributed by atoms with Gasteiger partial charge in [0.25, 0.3) is 0 Å².